The van der Waals surface area contributed by atoms with Gasteiger partial charge in [-0.2, -0.15) is 13.2 Å². The highest BCUT2D eigenvalue weighted by molar-refractivity contribution is 5.28. The first kappa shape index (κ1) is 23.4. The molecule has 0 saturated heterocycles. The van der Waals surface area contributed by atoms with Crippen molar-refractivity contribution in [3.63, 3.8) is 0 Å². The second-order valence-electron chi connectivity index (χ2n) is 8.87. The van der Waals surface area contributed by atoms with Crippen molar-refractivity contribution in [1.29, 1.82) is 0 Å². The third-order valence-electron chi connectivity index (χ3n) is 6.53. The quantitative estimate of drug-likeness (QED) is 0.367. The van der Waals surface area contributed by atoms with Crippen LogP contribution in [0.1, 0.15) is 54.5 Å². The summed E-state index contributed by atoms with van der Waals surface area (Å²) in [5.41, 5.74) is 2.41. The van der Waals surface area contributed by atoms with E-state index in [4.69, 9.17) is 4.74 Å². The summed E-state index contributed by atoms with van der Waals surface area (Å²) < 4.78 is 46.8. The van der Waals surface area contributed by atoms with E-state index in [-0.39, 0.29) is 0 Å². The van der Waals surface area contributed by atoms with Crippen LogP contribution in [0.25, 0.3) is 0 Å². The molecule has 1 aromatic heterocycles. The number of benzene rings is 2. The van der Waals surface area contributed by atoms with Gasteiger partial charge in [-0.05, 0) is 60.4 Å². The predicted octanol–water partition coefficient (Wildman–Crippen LogP) is 6.90. The Kier molecular flexibility index (Phi) is 7.43. The lowest BCUT2D eigenvalue weighted by molar-refractivity contribution is -0.137. The average molecular weight is 457 g/mol. The lowest BCUT2D eigenvalue weighted by Gasteiger charge is -2.34. The highest BCUT2D eigenvalue weighted by atomic mass is 19.4. The van der Waals surface area contributed by atoms with Gasteiger partial charge in [0.15, 0.2) is 0 Å². The molecule has 0 spiro atoms. The van der Waals surface area contributed by atoms with Crippen LogP contribution in [-0.2, 0) is 25.8 Å². The Labute approximate surface area is 193 Å². The maximum absolute atomic E-state index is 13.1. The van der Waals surface area contributed by atoms with Gasteiger partial charge in [-0.3, -0.25) is 4.90 Å². The number of ether oxygens (including phenoxy) is 1. The van der Waals surface area contributed by atoms with Crippen molar-refractivity contribution < 1.29 is 17.9 Å². The summed E-state index contributed by atoms with van der Waals surface area (Å²) in [6, 6.07) is 18.4. The second-order valence-corrected chi connectivity index (χ2v) is 8.87. The van der Waals surface area contributed by atoms with Crippen LogP contribution in [0.15, 0.2) is 66.9 Å². The van der Waals surface area contributed by atoms with Crippen molar-refractivity contribution in [1.82, 2.24) is 9.47 Å². The van der Waals surface area contributed by atoms with Gasteiger partial charge in [-0.15, -0.1) is 0 Å². The molecular formula is C27H31F3N2O. The van der Waals surface area contributed by atoms with Crippen molar-refractivity contribution in [3.05, 3.63) is 89.2 Å². The van der Waals surface area contributed by atoms with Crippen molar-refractivity contribution in [2.75, 3.05) is 7.11 Å². The zero-order valence-corrected chi connectivity index (χ0v) is 19.0. The SMILES string of the molecule is COc1ccc(CN(Cc2cccn2Cc2cccc(C(F)(F)F)c2)C2CCCCC2)cc1. The fourth-order valence-corrected chi connectivity index (χ4v) is 4.72. The number of alkyl halides is 3. The zero-order chi connectivity index (χ0) is 23.3. The van der Waals surface area contributed by atoms with Crippen molar-refractivity contribution >= 4 is 0 Å². The molecule has 1 aliphatic rings. The highest BCUT2D eigenvalue weighted by Crippen LogP contribution is 2.30. The van der Waals surface area contributed by atoms with Crippen molar-refractivity contribution in [2.45, 2.75) is 64.0 Å². The Morgan fingerprint density at radius 2 is 1.67 bits per heavy atom. The van der Waals surface area contributed by atoms with Gasteiger partial charge in [0.2, 0.25) is 0 Å². The Morgan fingerprint density at radius 3 is 2.36 bits per heavy atom. The van der Waals surface area contributed by atoms with E-state index in [0.717, 1.165) is 30.6 Å². The minimum Gasteiger partial charge on any atom is -0.497 e. The maximum atomic E-state index is 13.1. The summed E-state index contributed by atoms with van der Waals surface area (Å²) >= 11 is 0. The van der Waals surface area contributed by atoms with Gasteiger partial charge in [0, 0.05) is 37.6 Å². The summed E-state index contributed by atoms with van der Waals surface area (Å²) in [4.78, 5) is 2.53. The number of nitrogens with zero attached hydrogens (tertiary/aromatic N) is 2. The highest BCUT2D eigenvalue weighted by Gasteiger charge is 2.30. The first-order valence-corrected chi connectivity index (χ1v) is 11.6. The van der Waals surface area contributed by atoms with E-state index in [0.29, 0.717) is 18.2 Å². The number of hydrogen-bond acceptors (Lipinski definition) is 2. The van der Waals surface area contributed by atoms with Crippen LogP contribution >= 0.6 is 0 Å². The average Bonchev–Trinajstić information content (AvgIpc) is 3.25. The van der Waals surface area contributed by atoms with Crippen LogP contribution in [0, 0.1) is 0 Å². The van der Waals surface area contributed by atoms with Gasteiger partial charge in [0.25, 0.3) is 0 Å². The number of aromatic nitrogens is 1. The first-order valence-electron chi connectivity index (χ1n) is 11.6. The Bertz CT molecular complexity index is 1020. The second kappa shape index (κ2) is 10.5. The molecule has 0 amide bonds. The summed E-state index contributed by atoms with van der Waals surface area (Å²) in [6.07, 6.45) is 3.78. The zero-order valence-electron chi connectivity index (χ0n) is 19.0. The molecule has 33 heavy (non-hydrogen) atoms. The minimum absolute atomic E-state index is 0.424. The Morgan fingerprint density at radius 1 is 0.909 bits per heavy atom. The molecule has 0 N–H and O–H groups in total. The lowest BCUT2D eigenvalue weighted by Crippen LogP contribution is -2.36. The van der Waals surface area contributed by atoms with Crippen LogP contribution < -0.4 is 4.74 Å². The monoisotopic (exact) mass is 456 g/mol. The van der Waals surface area contributed by atoms with E-state index in [1.54, 1.807) is 13.2 Å². The van der Waals surface area contributed by atoms with E-state index in [1.165, 1.54) is 49.8 Å². The minimum atomic E-state index is -4.33. The molecule has 0 unspecified atom stereocenters. The third-order valence-corrected chi connectivity index (χ3v) is 6.53. The Hall–Kier alpha value is -2.73. The predicted molar refractivity (Wildman–Crippen MR) is 124 cm³/mol. The fourth-order valence-electron chi connectivity index (χ4n) is 4.72. The fraction of sp³-hybridized carbons (Fsp3) is 0.407. The number of methoxy groups -OCH3 is 1. The molecule has 176 valence electrons. The maximum Gasteiger partial charge on any atom is 0.416 e. The summed E-state index contributed by atoms with van der Waals surface area (Å²) in [6.45, 7) is 2.03. The smallest absolute Gasteiger partial charge is 0.416 e. The third kappa shape index (κ3) is 6.20. The van der Waals surface area contributed by atoms with Gasteiger partial charge < -0.3 is 9.30 Å². The van der Waals surface area contributed by atoms with Crippen LogP contribution in [0.3, 0.4) is 0 Å². The molecule has 0 atom stereocenters. The normalized spacial score (nSPS) is 15.2. The molecule has 1 fully saturated rings. The van der Waals surface area contributed by atoms with Crippen LogP contribution in [0.5, 0.6) is 5.75 Å². The van der Waals surface area contributed by atoms with E-state index in [9.17, 15) is 13.2 Å². The molecule has 2 aromatic carbocycles. The topological polar surface area (TPSA) is 17.4 Å². The van der Waals surface area contributed by atoms with Crippen LogP contribution in [0.2, 0.25) is 0 Å². The summed E-state index contributed by atoms with van der Waals surface area (Å²) in [5.74, 6) is 0.845. The molecule has 1 saturated carbocycles. The van der Waals surface area contributed by atoms with Gasteiger partial charge in [-0.25, -0.2) is 0 Å². The van der Waals surface area contributed by atoms with Crippen molar-refractivity contribution in [3.8, 4) is 5.75 Å². The van der Waals surface area contributed by atoms with E-state index < -0.39 is 11.7 Å². The molecule has 0 radical (unpaired) electrons. The molecular weight excluding hydrogens is 425 g/mol. The van der Waals surface area contributed by atoms with E-state index in [2.05, 4.69) is 27.7 Å². The molecule has 0 aliphatic heterocycles. The molecule has 3 nitrogen and oxygen atoms in total. The molecule has 1 heterocycles. The van der Waals surface area contributed by atoms with Gasteiger partial charge in [-0.1, -0.05) is 43.5 Å². The summed E-state index contributed by atoms with van der Waals surface area (Å²) in [7, 11) is 1.67. The van der Waals surface area contributed by atoms with Gasteiger partial charge in [0.05, 0.1) is 12.7 Å². The molecule has 3 aromatic rings. The first-order chi connectivity index (χ1) is 15.9. The van der Waals surface area contributed by atoms with E-state index in [1.807, 2.05) is 24.4 Å². The molecule has 1 aliphatic carbocycles. The standard InChI is InChI=1S/C27H31F3N2O/c1-33-26-14-12-21(13-15-26)18-32(24-9-3-2-4-10-24)20-25-11-6-16-31(25)19-22-7-5-8-23(17-22)27(28,29)30/h5-8,11-17,24H,2-4,9-10,18-20H2,1H3. The number of rotatable bonds is 8. The van der Waals surface area contributed by atoms with Gasteiger partial charge in [0.1, 0.15) is 5.75 Å². The molecule has 4 rings (SSSR count). The van der Waals surface area contributed by atoms with Crippen molar-refractivity contribution in [2.24, 2.45) is 0 Å². The Balaban J connectivity index is 1.52. The lowest BCUT2D eigenvalue weighted by atomic mass is 9.93. The molecule has 6 heteroatoms. The largest absolute Gasteiger partial charge is 0.497 e. The van der Waals surface area contributed by atoms with Crippen LogP contribution in [0.4, 0.5) is 13.2 Å². The summed E-state index contributed by atoms with van der Waals surface area (Å²) in [5, 5.41) is 0. The number of halogens is 3. The van der Waals surface area contributed by atoms with E-state index >= 15 is 0 Å². The number of hydrogen-bond donors (Lipinski definition) is 0. The molecule has 0 bridgehead atoms. The van der Waals surface area contributed by atoms with Gasteiger partial charge >= 0.3 is 6.18 Å². The van der Waals surface area contributed by atoms with Crippen LogP contribution in [-0.4, -0.2) is 22.6 Å².